The molecule has 0 spiro atoms. The highest BCUT2D eigenvalue weighted by Crippen LogP contribution is 2.34. The molecule has 3 rings (SSSR count). The topological polar surface area (TPSA) is 98.4 Å². The predicted molar refractivity (Wildman–Crippen MR) is 95.7 cm³/mol. The van der Waals surface area contributed by atoms with Crippen LogP contribution in [0.25, 0.3) is 6.08 Å². The van der Waals surface area contributed by atoms with Gasteiger partial charge in [0.1, 0.15) is 17.4 Å². The molecule has 2 amide bonds. The molecular weight excluding hydrogens is 340 g/mol. The summed E-state index contributed by atoms with van der Waals surface area (Å²) in [6.07, 6.45) is 3.20. The van der Waals surface area contributed by atoms with E-state index in [2.05, 4.69) is 9.97 Å². The van der Waals surface area contributed by atoms with E-state index in [-0.39, 0.29) is 23.5 Å². The van der Waals surface area contributed by atoms with Crippen LogP contribution in [0.1, 0.15) is 17.0 Å². The quantitative estimate of drug-likeness (QED) is 0.841. The summed E-state index contributed by atoms with van der Waals surface area (Å²) in [5.74, 6) is 1.12. The number of anilines is 1. The highest BCUT2D eigenvalue weighted by molar-refractivity contribution is 8.18. The molecule has 8 heteroatoms. The first-order valence-electron chi connectivity index (χ1n) is 7.45. The number of hydrogen-bond donors (Lipinski definition) is 1. The molecule has 0 radical (unpaired) electrons. The molecule has 2 heterocycles. The normalized spacial score (nSPS) is 15.9. The van der Waals surface area contributed by atoms with Crippen molar-refractivity contribution in [1.29, 1.82) is 0 Å². The minimum atomic E-state index is -0.363. The number of imide groups is 1. The van der Waals surface area contributed by atoms with E-state index in [1.165, 1.54) is 6.20 Å². The Bertz CT molecular complexity index is 882. The SMILES string of the molecule is COc1cccc(/C=C2\SC(=O)N(Cc3cnc(C)nc3N)C2=O)c1. The maximum atomic E-state index is 12.6. The van der Waals surface area contributed by atoms with Gasteiger partial charge in [-0.1, -0.05) is 12.1 Å². The molecule has 1 aliphatic heterocycles. The molecule has 1 fully saturated rings. The van der Waals surface area contributed by atoms with Crippen molar-refractivity contribution in [2.24, 2.45) is 0 Å². The van der Waals surface area contributed by atoms with Crippen molar-refractivity contribution in [2.45, 2.75) is 13.5 Å². The van der Waals surface area contributed by atoms with E-state index in [1.54, 1.807) is 26.2 Å². The van der Waals surface area contributed by atoms with Gasteiger partial charge in [-0.25, -0.2) is 9.97 Å². The molecule has 2 N–H and O–H groups in total. The number of methoxy groups -OCH3 is 1. The Morgan fingerprint density at radius 1 is 1.36 bits per heavy atom. The molecule has 0 atom stereocenters. The van der Waals surface area contributed by atoms with Crippen molar-refractivity contribution in [3.05, 3.63) is 52.3 Å². The second-order valence-corrected chi connectivity index (χ2v) is 6.37. The number of aromatic nitrogens is 2. The number of amides is 2. The van der Waals surface area contributed by atoms with E-state index in [9.17, 15) is 9.59 Å². The second kappa shape index (κ2) is 6.94. The lowest BCUT2D eigenvalue weighted by Crippen LogP contribution is -2.28. The van der Waals surface area contributed by atoms with Crippen LogP contribution in [-0.2, 0) is 11.3 Å². The van der Waals surface area contributed by atoms with Crippen molar-refractivity contribution >= 4 is 34.8 Å². The second-order valence-electron chi connectivity index (χ2n) is 5.37. The van der Waals surface area contributed by atoms with Crippen LogP contribution in [-0.4, -0.2) is 33.1 Å². The summed E-state index contributed by atoms with van der Waals surface area (Å²) >= 11 is 0.894. The van der Waals surface area contributed by atoms with Gasteiger partial charge in [-0.2, -0.15) is 0 Å². The third-order valence-corrected chi connectivity index (χ3v) is 4.52. The van der Waals surface area contributed by atoms with Gasteiger partial charge in [0.2, 0.25) is 0 Å². The Morgan fingerprint density at radius 2 is 2.16 bits per heavy atom. The summed E-state index contributed by atoms with van der Waals surface area (Å²) < 4.78 is 5.16. The molecule has 1 saturated heterocycles. The molecule has 2 aromatic rings. The minimum Gasteiger partial charge on any atom is -0.497 e. The molecule has 1 aliphatic rings. The van der Waals surface area contributed by atoms with Crippen molar-refractivity contribution in [1.82, 2.24) is 14.9 Å². The molecule has 0 unspecified atom stereocenters. The number of benzene rings is 1. The van der Waals surface area contributed by atoms with E-state index in [0.717, 1.165) is 22.2 Å². The first-order chi connectivity index (χ1) is 12.0. The van der Waals surface area contributed by atoms with Crippen molar-refractivity contribution in [3.63, 3.8) is 0 Å². The van der Waals surface area contributed by atoms with Gasteiger partial charge in [-0.15, -0.1) is 0 Å². The van der Waals surface area contributed by atoms with Gasteiger partial charge in [0.05, 0.1) is 18.6 Å². The van der Waals surface area contributed by atoms with Gasteiger partial charge in [-0.3, -0.25) is 14.5 Å². The molecule has 1 aromatic carbocycles. The maximum absolute atomic E-state index is 12.6. The van der Waals surface area contributed by atoms with Crippen LogP contribution in [0.2, 0.25) is 0 Å². The molecule has 1 aromatic heterocycles. The number of hydrogen-bond acceptors (Lipinski definition) is 7. The van der Waals surface area contributed by atoms with Gasteiger partial charge in [0, 0.05) is 11.8 Å². The van der Waals surface area contributed by atoms with Crippen molar-refractivity contribution < 1.29 is 14.3 Å². The van der Waals surface area contributed by atoms with Gasteiger partial charge in [-0.05, 0) is 42.5 Å². The van der Waals surface area contributed by atoms with Gasteiger partial charge < -0.3 is 10.5 Å². The first kappa shape index (κ1) is 17.0. The number of carbonyl (C=O) groups is 2. The monoisotopic (exact) mass is 356 g/mol. The molecule has 0 bridgehead atoms. The van der Waals surface area contributed by atoms with Crippen molar-refractivity contribution in [3.8, 4) is 5.75 Å². The van der Waals surface area contributed by atoms with Crippen LogP contribution in [0.3, 0.4) is 0 Å². The predicted octanol–water partition coefficient (Wildman–Crippen LogP) is 2.61. The van der Waals surface area contributed by atoms with E-state index < -0.39 is 0 Å². The van der Waals surface area contributed by atoms with Crippen LogP contribution >= 0.6 is 11.8 Å². The number of aryl methyl sites for hydroxylation is 1. The summed E-state index contributed by atoms with van der Waals surface area (Å²) in [6.45, 7) is 1.77. The number of nitrogens with zero attached hydrogens (tertiary/aromatic N) is 3. The summed E-state index contributed by atoms with van der Waals surface area (Å²) in [7, 11) is 1.57. The zero-order chi connectivity index (χ0) is 18.0. The van der Waals surface area contributed by atoms with Crippen LogP contribution < -0.4 is 10.5 Å². The van der Waals surface area contributed by atoms with Crippen LogP contribution in [0.15, 0.2) is 35.4 Å². The van der Waals surface area contributed by atoms with Gasteiger partial charge in [0.15, 0.2) is 0 Å². The fraction of sp³-hybridized carbons (Fsp3) is 0.176. The first-order valence-corrected chi connectivity index (χ1v) is 8.27. The Morgan fingerprint density at radius 3 is 2.88 bits per heavy atom. The summed E-state index contributed by atoms with van der Waals surface area (Å²) in [6, 6.07) is 7.25. The zero-order valence-electron chi connectivity index (χ0n) is 13.7. The molecule has 25 heavy (non-hydrogen) atoms. The lowest BCUT2D eigenvalue weighted by molar-refractivity contribution is -0.123. The highest BCUT2D eigenvalue weighted by atomic mass is 32.2. The molecule has 0 aliphatic carbocycles. The van der Waals surface area contributed by atoms with Crippen molar-refractivity contribution in [2.75, 3.05) is 12.8 Å². The summed E-state index contributed by atoms with van der Waals surface area (Å²) in [5, 5.41) is -0.348. The van der Waals surface area contributed by atoms with Crippen LogP contribution in [0.5, 0.6) is 5.75 Å². The lowest BCUT2D eigenvalue weighted by Gasteiger charge is -2.13. The maximum Gasteiger partial charge on any atom is 0.293 e. The van der Waals surface area contributed by atoms with E-state index in [1.807, 2.05) is 18.2 Å². The Balaban J connectivity index is 1.83. The number of carbonyl (C=O) groups excluding carboxylic acids is 2. The number of thioether (sulfide) groups is 1. The molecule has 7 nitrogen and oxygen atoms in total. The number of rotatable bonds is 4. The molecule has 128 valence electrons. The third-order valence-electron chi connectivity index (χ3n) is 3.61. The van der Waals surface area contributed by atoms with Crippen LogP contribution in [0, 0.1) is 6.92 Å². The van der Waals surface area contributed by atoms with Gasteiger partial charge >= 0.3 is 0 Å². The zero-order valence-corrected chi connectivity index (χ0v) is 14.5. The van der Waals surface area contributed by atoms with E-state index >= 15 is 0 Å². The third kappa shape index (κ3) is 3.63. The largest absolute Gasteiger partial charge is 0.497 e. The standard InChI is InChI=1S/C17H16N4O3S/c1-10-19-8-12(15(18)20-10)9-21-16(22)14(25-17(21)23)7-11-4-3-5-13(6-11)24-2/h3-8H,9H2,1-2H3,(H2,18,19,20)/b14-7-. The number of ether oxygens (including phenoxy) is 1. The fourth-order valence-electron chi connectivity index (χ4n) is 2.32. The fourth-order valence-corrected chi connectivity index (χ4v) is 3.16. The average Bonchev–Trinajstić information content (AvgIpc) is 2.84. The summed E-state index contributed by atoms with van der Waals surface area (Å²) in [5.41, 5.74) is 7.16. The summed E-state index contributed by atoms with van der Waals surface area (Å²) in [4.78, 5) is 34.4. The molecule has 0 saturated carbocycles. The average molecular weight is 356 g/mol. The Labute approximate surface area is 148 Å². The minimum absolute atomic E-state index is 0.0478. The number of nitrogen functional groups attached to an aromatic ring is 1. The smallest absolute Gasteiger partial charge is 0.293 e. The van der Waals surface area contributed by atoms with Crippen LogP contribution in [0.4, 0.5) is 10.6 Å². The Hall–Kier alpha value is -2.87. The number of nitrogens with two attached hydrogens (primary N) is 1. The lowest BCUT2D eigenvalue weighted by atomic mass is 10.2. The van der Waals surface area contributed by atoms with Gasteiger partial charge in [0.25, 0.3) is 11.1 Å². The van der Waals surface area contributed by atoms with E-state index in [0.29, 0.717) is 22.0 Å². The highest BCUT2D eigenvalue weighted by Gasteiger charge is 2.35. The van der Waals surface area contributed by atoms with E-state index in [4.69, 9.17) is 10.5 Å². The molecular formula is C17H16N4O3S. The Kier molecular flexibility index (Phi) is 4.71.